The van der Waals surface area contributed by atoms with E-state index in [1.807, 2.05) is 0 Å². The lowest BCUT2D eigenvalue weighted by atomic mass is 9.67. The van der Waals surface area contributed by atoms with Gasteiger partial charge in [0, 0.05) is 42.3 Å². The van der Waals surface area contributed by atoms with E-state index in [4.69, 9.17) is 15.0 Å². The zero-order chi connectivity index (χ0) is 43.3. The van der Waals surface area contributed by atoms with Crippen LogP contribution in [0, 0.1) is 0 Å². The van der Waals surface area contributed by atoms with Gasteiger partial charge in [0.15, 0.2) is 17.5 Å². The minimum atomic E-state index is -0.550. The molecule has 4 heteroatoms. The van der Waals surface area contributed by atoms with E-state index in [0.29, 0.717) is 17.5 Å². The molecule has 2 aliphatic carbocycles. The van der Waals surface area contributed by atoms with Gasteiger partial charge in [0.2, 0.25) is 0 Å². The van der Waals surface area contributed by atoms with Gasteiger partial charge in [0.05, 0.1) is 5.41 Å². The molecule has 13 rings (SSSR count). The molecule has 0 amide bonds. The third-order valence-electron chi connectivity index (χ3n) is 14.0. The SMILES string of the molecule is CC1(C)c2ccccc2-c2cc(-c3cccc(-c4nc(-c5cccc6c5-c5ccccc5C6(c5ccccc5)c5ccccc5)nc(-c5cccc6c5sc5ccccc56)n4)c3)ccc21. The number of fused-ring (bicyclic) bond motifs is 9. The Morgan fingerprint density at radius 3 is 1.69 bits per heavy atom. The van der Waals surface area contributed by atoms with Crippen molar-refractivity contribution in [2.45, 2.75) is 24.7 Å². The van der Waals surface area contributed by atoms with Gasteiger partial charge >= 0.3 is 0 Å². The van der Waals surface area contributed by atoms with Crippen LogP contribution in [0.1, 0.15) is 47.2 Å². The third-order valence-corrected chi connectivity index (χ3v) is 15.3. The molecule has 0 saturated carbocycles. The van der Waals surface area contributed by atoms with E-state index >= 15 is 0 Å². The smallest absolute Gasteiger partial charge is 0.165 e. The lowest BCUT2D eigenvalue weighted by Crippen LogP contribution is -2.28. The van der Waals surface area contributed by atoms with Crippen molar-refractivity contribution in [1.29, 1.82) is 0 Å². The highest BCUT2D eigenvalue weighted by atomic mass is 32.1. The molecule has 0 unspecified atom stereocenters. The molecule has 0 atom stereocenters. The highest BCUT2D eigenvalue weighted by Gasteiger charge is 2.47. The van der Waals surface area contributed by atoms with Gasteiger partial charge in [0.25, 0.3) is 0 Å². The second-order valence-corrected chi connectivity index (χ2v) is 18.9. The van der Waals surface area contributed by atoms with Crippen LogP contribution in [0.3, 0.4) is 0 Å². The molecule has 0 bridgehead atoms. The number of benzene rings is 9. The van der Waals surface area contributed by atoms with E-state index < -0.39 is 5.41 Å². The Bertz CT molecular complexity index is 3660. The average Bonchev–Trinajstić information content (AvgIpc) is 3.98. The minimum Gasteiger partial charge on any atom is -0.208 e. The fourth-order valence-electron chi connectivity index (χ4n) is 11.1. The van der Waals surface area contributed by atoms with Crippen molar-refractivity contribution in [1.82, 2.24) is 15.0 Å². The van der Waals surface area contributed by atoms with Crippen LogP contribution in [0.2, 0.25) is 0 Å². The van der Waals surface area contributed by atoms with E-state index in [9.17, 15) is 0 Å². The molecule has 0 fully saturated rings. The number of rotatable bonds is 6. The normalized spacial score (nSPS) is 13.9. The predicted molar refractivity (Wildman–Crippen MR) is 269 cm³/mol. The molecule has 2 aliphatic rings. The Kier molecular flexibility index (Phi) is 8.34. The summed E-state index contributed by atoms with van der Waals surface area (Å²) in [5, 5.41) is 2.45. The first-order valence-corrected chi connectivity index (χ1v) is 23.2. The Labute approximate surface area is 382 Å². The van der Waals surface area contributed by atoms with Gasteiger partial charge < -0.3 is 0 Å². The van der Waals surface area contributed by atoms with Crippen molar-refractivity contribution in [3.63, 3.8) is 0 Å². The molecule has 11 aromatic rings. The summed E-state index contributed by atoms with van der Waals surface area (Å²) in [4.78, 5) is 16.4. The van der Waals surface area contributed by atoms with Gasteiger partial charge in [-0.15, -0.1) is 11.3 Å². The van der Waals surface area contributed by atoms with E-state index in [2.05, 4.69) is 226 Å². The Morgan fingerprint density at radius 2 is 0.892 bits per heavy atom. The van der Waals surface area contributed by atoms with Crippen LogP contribution in [-0.4, -0.2) is 15.0 Å². The Balaban J connectivity index is 1.05. The van der Waals surface area contributed by atoms with E-state index in [-0.39, 0.29) is 5.41 Å². The first-order chi connectivity index (χ1) is 32.0. The largest absolute Gasteiger partial charge is 0.208 e. The van der Waals surface area contributed by atoms with Gasteiger partial charge in [0.1, 0.15) is 0 Å². The van der Waals surface area contributed by atoms with Crippen LogP contribution >= 0.6 is 11.3 Å². The first-order valence-electron chi connectivity index (χ1n) is 22.4. The lowest BCUT2D eigenvalue weighted by molar-refractivity contribution is 0.660. The van der Waals surface area contributed by atoms with Crippen LogP contribution in [-0.2, 0) is 10.8 Å². The molecule has 65 heavy (non-hydrogen) atoms. The van der Waals surface area contributed by atoms with Crippen molar-refractivity contribution in [3.05, 3.63) is 246 Å². The monoisotopic (exact) mass is 847 g/mol. The van der Waals surface area contributed by atoms with Crippen molar-refractivity contribution in [2.24, 2.45) is 0 Å². The highest BCUT2D eigenvalue weighted by molar-refractivity contribution is 7.26. The third kappa shape index (κ3) is 5.57. The highest BCUT2D eigenvalue weighted by Crippen LogP contribution is 2.58. The Hall–Kier alpha value is -7.79. The fourth-order valence-corrected chi connectivity index (χ4v) is 12.3. The maximum absolute atomic E-state index is 5.50. The summed E-state index contributed by atoms with van der Waals surface area (Å²) in [6.07, 6.45) is 0. The molecule has 0 N–H and O–H groups in total. The molecule has 0 saturated heterocycles. The summed E-state index contributed by atoms with van der Waals surface area (Å²) in [6, 6.07) is 77.2. The molecule has 2 aromatic heterocycles. The van der Waals surface area contributed by atoms with E-state index in [0.717, 1.165) is 27.8 Å². The zero-order valence-corrected chi connectivity index (χ0v) is 36.8. The molecule has 9 aromatic carbocycles. The summed E-state index contributed by atoms with van der Waals surface area (Å²) >= 11 is 1.80. The molecule has 306 valence electrons. The maximum atomic E-state index is 5.50. The summed E-state index contributed by atoms with van der Waals surface area (Å²) in [7, 11) is 0. The number of thiophene rings is 1. The van der Waals surface area contributed by atoms with Crippen molar-refractivity contribution in [3.8, 4) is 67.5 Å². The quantitative estimate of drug-likeness (QED) is 0.167. The molecular weight excluding hydrogens is 807 g/mol. The van der Waals surface area contributed by atoms with Gasteiger partial charge in [-0.2, -0.15) is 0 Å². The summed E-state index contributed by atoms with van der Waals surface area (Å²) in [6.45, 7) is 4.66. The van der Waals surface area contributed by atoms with Crippen molar-refractivity contribution >= 4 is 31.5 Å². The molecule has 0 spiro atoms. The van der Waals surface area contributed by atoms with Crippen LogP contribution in [0.25, 0.3) is 87.7 Å². The van der Waals surface area contributed by atoms with E-state index in [1.165, 1.54) is 75.8 Å². The van der Waals surface area contributed by atoms with Crippen molar-refractivity contribution < 1.29 is 0 Å². The summed E-state index contributed by atoms with van der Waals surface area (Å²) in [5.41, 5.74) is 17.2. The maximum Gasteiger partial charge on any atom is 0.165 e. The zero-order valence-electron chi connectivity index (χ0n) is 36.0. The van der Waals surface area contributed by atoms with Crippen LogP contribution < -0.4 is 0 Å². The van der Waals surface area contributed by atoms with E-state index in [1.54, 1.807) is 11.3 Å². The Morgan fingerprint density at radius 1 is 0.354 bits per heavy atom. The van der Waals surface area contributed by atoms with Gasteiger partial charge in [-0.1, -0.05) is 202 Å². The minimum absolute atomic E-state index is 0.0543. The van der Waals surface area contributed by atoms with Crippen LogP contribution in [0.4, 0.5) is 0 Å². The van der Waals surface area contributed by atoms with Crippen LogP contribution in [0.5, 0.6) is 0 Å². The number of aromatic nitrogens is 3. The topological polar surface area (TPSA) is 38.7 Å². The average molecular weight is 848 g/mol. The van der Waals surface area contributed by atoms with Gasteiger partial charge in [-0.25, -0.2) is 15.0 Å². The van der Waals surface area contributed by atoms with Gasteiger partial charge in [-0.05, 0) is 91.0 Å². The van der Waals surface area contributed by atoms with Crippen LogP contribution in [0.15, 0.2) is 212 Å². The number of nitrogens with zero attached hydrogens (tertiary/aromatic N) is 3. The second-order valence-electron chi connectivity index (χ2n) is 17.9. The molecule has 2 heterocycles. The fraction of sp³-hybridized carbons (Fsp3) is 0.0656. The molecule has 0 aliphatic heterocycles. The predicted octanol–water partition coefficient (Wildman–Crippen LogP) is 15.6. The first kappa shape index (κ1) is 37.7. The standard InChI is InChI=1S/C61H41N3S/c1-60(2)50-30-12-9-24-43(50)49-37-39(34-35-51(49)60)38-18-15-19-40(36-38)57-62-58(64-59(63-57)48-29-16-27-45-44-25-11-14-33-54(44)65-56(45)48)47-28-17-32-53-55(47)46-26-10-13-31-52(46)61(53,41-20-5-3-6-21-41)42-22-7-4-8-23-42/h3-37H,1-2H3. The number of hydrogen-bond donors (Lipinski definition) is 0. The number of hydrogen-bond acceptors (Lipinski definition) is 4. The summed E-state index contributed by atoms with van der Waals surface area (Å²) < 4.78 is 2.41. The summed E-state index contributed by atoms with van der Waals surface area (Å²) in [5.74, 6) is 1.94. The second kappa shape index (κ2) is 14.4. The lowest BCUT2D eigenvalue weighted by Gasteiger charge is -2.33. The van der Waals surface area contributed by atoms with Crippen molar-refractivity contribution in [2.75, 3.05) is 0 Å². The molecule has 0 radical (unpaired) electrons. The molecular formula is C61H41N3S. The van der Waals surface area contributed by atoms with Gasteiger partial charge in [-0.3, -0.25) is 0 Å². The molecule has 3 nitrogen and oxygen atoms in total.